The molecule has 2 heterocycles. The summed E-state index contributed by atoms with van der Waals surface area (Å²) >= 11 is 0. The third-order valence-corrected chi connectivity index (χ3v) is 8.27. The predicted octanol–water partition coefficient (Wildman–Crippen LogP) is 10.5. The van der Waals surface area contributed by atoms with Crippen LogP contribution in [-0.4, -0.2) is 15.9 Å². The molecule has 43 heavy (non-hydrogen) atoms. The average molecular weight is 749 g/mol. The van der Waals surface area contributed by atoms with E-state index in [9.17, 15) is 9.90 Å². The van der Waals surface area contributed by atoms with Crippen LogP contribution in [0.4, 0.5) is 0 Å². The normalized spacial score (nSPS) is 11.9. The molecule has 0 aliphatic carbocycles. The largest absolute Gasteiger partial charge is 0.512 e. The summed E-state index contributed by atoms with van der Waals surface area (Å²) in [6.07, 6.45) is 6.78. The number of pyridine rings is 1. The fraction of sp³-hybridized carbons (Fsp3) is 0.263. The maximum Gasteiger partial charge on any atom is 0.162 e. The molecular weight excluding hydrogens is 711 g/mol. The van der Waals surface area contributed by atoms with Gasteiger partial charge in [-0.1, -0.05) is 98.6 Å². The zero-order valence-electron chi connectivity index (χ0n) is 25.2. The van der Waals surface area contributed by atoms with Crippen LogP contribution < -0.4 is 4.74 Å². The Labute approximate surface area is 268 Å². The van der Waals surface area contributed by atoms with Gasteiger partial charge in [-0.2, -0.15) is 0 Å². The number of carbonyl (C=O) groups is 1. The number of allylic oxidation sites excluding steroid dienone is 2. The van der Waals surface area contributed by atoms with Crippen molar-refractivity contribution in [3.63, 3.8) is 0 Å². The fourth-order valence-corrected chi connectivity index (χ4v) is 5.70. The second-order valence-electron chi connectivity index (χ2n) is 10.8. The minimum atomic E-state index is 0. The summed E-state index contributed by atoms with van der Waals surface area (Å²) in [5.41, 5.74) is 4.18. The number of rotatable bonds is 8. The zero-order valence-corrected chi connectivity index (χ0v) is 27.6. The fourth-order valence-electron chi connectivity index (χ4n) is 5.70. The average Bonchev–Trinajstić information content (AvgIpc) is 3.03. The molecular formula is C38H38IrNO3-. The van der Waals surface area contributed by atoms with Crippen molar-refractivity contribution >= 4 is 27.3 Å². The first-order valence-corrected chi connectivity index (χ1v) is 15.0. The molecule has 4 nitrogen and oxygen atoms in total. The van der Waals surface area contributed by atoms with Gasteiger partial charge in [0, 0.05) is 55.3 Å². The van der Waals surface area contributed by atoms with Crippen LogP contribution in [0, 0.1) is 17.9 Å². The molecule has 5 heteroatoms. The van der Waals surface area contributed by atoms with E-state index in [0.717, 1.165) is 75.5 Å². The molecule has 1 aromatic heterocycles. The molecule has 1 N–H and O–H groups in total. The van der Waals surface area contributed by atoms with Crippen LogP contribution in [0.1, 0.15) is 53.4 Å². The number of aliphatic hydroxyl groups is 1. The van der Waals surface area contributed by atoms with E-state index in [1.165, 1.54) is 11.6 Å². The molecule has 1 aliphatic heterocycles. The van der Waals surface area contributed by atoms with Gasteiger partial charge in [-0.05, 0) is 60.4 Å². The number of carbonyl (C=O) groups excluding carboxylic acids is 1. The molecule has 0 saturated carbocycles. The van der Waals surface area contributed by atoms with Gasteiger partial charge in [0.25, 0.3) is 0 Å². The standard InChI is InChI=1S/C25H14NO.C13H24O2.Ir/c1-2-6-16(7-3-1)19-14-18-12-13-26-24-21-11-10-17-8-4-5-9-20(17)25(21)27-22(15-19)23(18)24;1-5-10(6-2)12(14)9-13(15)11(7-3)8-4;/h1-10,12-15H;9-11,14H,5-8H2,1-4H3;/q-1;;/b;12-9-;. The van der Waals surface area contributed by atoms with Crippen molar-refractivity contribution < 1.29 is 34.7 Å². The number of aromatic nitrogens is 1. The van der Waals surface area contributed by atoms with Crippen LogP contribution in [0.25, 0.3) is 43.9 Å². The Kier molecular flexibility index (Phi) is 10.9. The van der Waals surface area contributed by atoms with Gasteiger partial charge in [0.15, 0.2) is 5.78 Å². The van der Waals surface area contributed by atoms with Gasteiger partial charge < -0.3 is 14.8 Å². The number of nitrogens with zero attached hydrogens (tertiary/aromatic N) is 1. The monoisotopic (exact) mass is 749 g/mol. The minimum absolute atomic E-state index is 0. The predicted molar refractivity (Wildman–Crippen MR) is 173 cm³/mol. The van der Waals surface area contributed by atoms with Crippen LogP contribution >= 0.6 is 0 Å². The molecule has 6 rings (SSSR count). The van der Waals surface area contributed by atoms with Crippen molar-refractivity contribution in [2.75, 3.05) is 0 Å². The molecule has 223 valence electrons. The molecule has 0 amide bonds. The van der Waals surface area contributed by atoms with E-state index in [1.54, 1.807) is 0 Å². The molecule has 1 radical (unpaired) electrons. The Morgan fingerprint density at radius 2 is 1.53 bits per heavy atom. The van der Waals surface area contributed by atoms with Gasteiger partial charge in [0.05, 0.1) is 11.5 Å². The van der Waals surface area contributed by atoms with E-state index in [4.69, 9.17) is 4.74 Å². The van der Waals surface area contributed by atoms with E-state index in [1.807, 2.05) is 64.2 Å². The van der Waals surface area contributed by atoms with Crippen molar-refractivity contribution in [1.82, 2.24) is 4.98 Å². The third-order valence-electron chi connectivity index (χ3n) is 8.27. The minimum Gasteiger partial charge on any atom is -0.512 e. The van der Waals surface area contributed by atoms with Gasteiger partial charge >= 0.3 is 0 Å². The second-order valence-corrected chi connectivity index (χ2v) is 10.8. The summed E-state index contributed by atoms with van der Waals surface area (Å²) in [5, 5.41) is 14.1. The Morgan fingerprint density at radius 3 is 2.23 bits per heavy atom. The van der Waals surface area contributed by atoms with Crippen LogP contribution in [0.15, 0.2) is 96.9 Å². The van der Waals surface area contributed by atoms with Crippen LogP contribution in [-0.2, 0) is 24.9 Å². The number of ketones is 1. The first kappa shape index (κ1) is 32.1. The summed E-state index contributed by atoms with van der Waals surface area (Å²) in [6.45, 7) is 8.07. The van der Waals surface area contributed by atoms with Crippen LogP contribution in [0.5, 0.6) is 11.5 Å². The number of hydrogen-bond donors (Lipinski definition) is 1. The van der Waals surface area contributed by atoms with Crippen molar-refractivity contribution in [3.8, 4) is 33.9 Å². The maximum absolute atomic E-state index is 11.7. The Balaban J connectivity index is 0.000000230. The second kappa shape index (κ2) is 14.6. The van der Waals surface area contributed by atoms with Crippen molar-refractivity contribution in [2.24, 2.45) is 11.8 Å². The van der Waals surface area contributed by atoms with E-state index >= 15 is 0 Å². The third kappa shape index (κ3) is 6.74. The maximum atomic E-state index is 11.7. The molecule has 1 aliphatic rings. The van der Waals surface area contributed by atoms with Gasteiger partial charge in [-0.25, -0.2) is 0 Å². The zero-order chi connectivity index (χ0) is 29.6. The number of aliphatic hydroxyl groups excluding tert-OH is 1. The van der Waals surface area contributed by atoms with Crippen LogP contribution in [0.2, 0.25) is 0 Å². The summed E-state index contributed by atoms with van der Waals surface area (Å²) in [6, 6.07) is 30.4. The van der Waals surface area contributed by atoms with E-state index in [2.05, 4.69) is 59.6 Å². The van der Waals surface area contributed by atoms with Gasteiger partial charge in [-0.15, -0.1) is 12.1 Å². The SMILES string of the molecule is CCC(CC)C(=O)/C=C(\O)C(CC)CC.[Ir].[c-]1cc2ccccc2c2c1-c1nccc3cc(-c4ccccc4)cc(c13)O2. The summed E-state index contributed by atoms with van der Waals surface area (Å²) in [5.74, 6) is 2.24. The Hall–Kier alpha value is -3.79. The van der Waals surface area contributed by atoms with E-state index in [-0.39, 0.29) is 43.5 Å². The molecule has 0 bridgehead atoms. The molecule has 0 spiro atoms. The Bertz CT molecular complexity index is 1740. The van der Waals surface area contributed by atoms with E-state index in [0.29, 0.717) is 0 Å². The first-order chi connectivity index (χ1) is 20.5. The van der Waals surface area contributed by atoms with Crippen molar-refractivity contribution in [1.29, 1.82) is 0 Å². The first-order valence-electron chi connectivity index (χ1n) is 15.0. The molecule has 4 aromatic carbocycles. The smallest absolute Gasteiger partial charge is 0.162 e. The summed E-state index contributed by atoms with van der Waals surface area (Å²) in [4.78, 5) is 16.4. The molecule has 0 atom stereocenters. The van der Waals surface area contributed by atoms with Gasteiger partial charge in [-0.3, -0.25) is 4.79 Å². The molecule has 0 fully saturated rings. The number of hydrogen-bond acceptors (Lipinski definition) is 4. The number of fused-ring (bicyclic) bond motifs is 4. The van der Waals surface area contributed by atoms with Crippen molar-refractivity contribution in [3.05, 3.63) is 103 Å². The number of benzene rings is 4. The Morgan fingerprint density at radius 1 is 0.860 bits per heavy atom. The topological polar surface area (TPSA) is 59.4 Å². The summed E-state index contributed by atoms with van der Waals surface area (Å²) in [7, 11) is 0. The van der Waals surface area contributed by atoms with Gasteiger partial charge in [0.2, 0.25) is 0 Å². The summed E-state index contributed by atoms with van der Waals surface area (Å²) < 4.78 is 6.45. The molecule has 0 saturated heterocycles. The van der Waals surface area contributed by atoms with E-state index < -0.39 is 0 Å². The molecule has 0 unspecified atom stereocenters. The van der Waals surface area contributed by atoms with Crippen LogP contribution in [0.3, 0.4) is 0 Å². The number of ether oxygens (including phenoxy) is 1. The van der Waals surface area contributed by atoms with Gasteiger partial charge in [0.1, 0.15) is 5.75 Å². The molecule has 5 aromatic rings. The quantitative estimate of drug-likeness (QED) is 0.0957. The van der Waals surface area contributed by atoms with Crippen molar-refractivity contribution in [2.45, 2.75) is 53.4 Å².